The fourth-order valence-electron chi connectivity index (χ4n) is 4.10. The van der Waals surface area contributed by atoms with E-state index in [0.29, 0.717) is 48.8 Å². The summed E-state index contributed by atoms with van der Waals surface area (Å²) in [6.07, 6.45) is 1.59. The molecule has 0 aromatic heterocycles. The van der Waals surface area contributed by atoms with E-state index in [0.717, 1.165) is 12.8 Å². The van der Waals surface area contributed by atoms with Gasteiger partial charge in [0.25, 0.3) is 5.91 Å². The van der Waals surface area contributed by atoms with E-state index in [1.165, 1.54) is 13.0 Å². The van der Waals surface area contributed by atoms with Gasteiger partial charge in [-0.1, -0.05) is 31.0 Å². The topological polar surface area (TPSA) is 73.9 Å². The van der Waals surface area contributed by atoms with Crippen molar-refractivity contribution in [2.24, 2.45) is 0 Å². The van der Waals surface area contributed by atoms with Crippen LogP contribution in [0.4, 0.5) is 10.1 Å². The number of fused-ring (bicyclic) bond motifs is 1. The van der Waals surface area contributed by atoms with Crippen LogP contribution in [0.1, 0.15) is 38.2 Å². The van der Waals surface area contributed by atoms with Crippen LogP contribution in [-0.2, 0) is 19.7 Å². The molecular weight excluding hydrogens is 389 g/mol. The lowest BCUT2D eigenvalue weighted by Crippen LogP contribution is -2.40. The minimum Gasteiger partial charge on any atom is -0.486 e. The van der Waals surface area contributed by atoms with E-state index < -0.39 is 29.2 Å². The summed E-state index contributed by atoms with van der Waals surface area (Å²) in [7, 11) is 0. The molecule has 0 radical (unpaired) electrons. The first-order valence-corrected chi connectivity index (χ1v) is 10.2. The van der Waals surface area contributed by atoms with Crippen LogP contribution in [0.2, 0.25) is 0 Å². The molecule has 1 saturated carbocycles. The van der Waals surface area contributed by atoms with Crippen LogP contribution >= 0.6 is 0 Å². The van der Waals surface area contributed by atoms with Crippen molar-refractivity contribution in [2.45, 2.75) is 44.1 Å². The second-order valence-electron chi connectivity index (χ2n) is 7.66. The summed E-state index contributed by atoms with van der Waals surface area (Å²) in [5, 5.41) is 2.73. The summed E-state index contributed by atoms with van der Waals surface area (Å²) in [5.74, 6) is -0.290. The average Bonchev–Trinajstić information content (AvgIpc) is 3.25. The van der Waals surface area contributed by atoms with Crippen LogP contribution in [0.25, 0.3) is 0 Å². The SMILES string of the molecule is C[C@H](OC(=O)C1(c2ccccc2F)CCCC1)C(=O)Nc1ccc2c(c1)OCCO2. The van der Waals surface area contributed by atoms with Gasteiger partial charge in [-0.3, -0.25) is 9.59 Å². The smallest absolute Gasteiger partial charge is 0.317 e. The van der Waals surface area contributed by atoms with Crippen molar-refractivity contribution < 1.29 is 28.2 Å². The fourth-order valence-corrected chi connectivity index (χ4v) is 4.10. The molecule has 1 aliphatic heterocycles. The molecule has 0 bridgehead atoms. The maximum Gasteiger partial charge on any atom is 0.317 e. The quantitative estimate of drug-likeness (QED) is 0.751. The van der Waals surface area contributed by atoms with Crippen LogP contribution in [-0.4, -0.2) is 31.2 Å². The molecule has 2 aliphatic rings. The largest absolute Gasteiger partial charge is 0.486 e. The second kappa shape index (κ2) is 8.34. The highest BCUT2D eigenvalue weighted by Crippen LogP contribution is 2.43. The molecule has 0 saturated heterocycles. The van der Waals surface area contributed by atoms with Crippen LogP contribution < -0.4 is 14.8 Å². The molecule has 6 nitrogen and oxygen atoms in total. The van der Waals surface area contributed by atoms with Gasteiger partial charge in [-0.25, -0.2) is 4.39 Å². The van der Waals surface area contributed by atoms with Crippen molar-refractivity contribution in [3.05, 3.63) is 53.8 Å². The molecule has 1 N–H and O–H groups in total. The standard InChI is InChI=1S/C23H24FNO5/c1-15(21(26)25-16-8-9-19-20(14-16)29-13-12-28-19)30-22(27)23(10-4-5-11-23)17-6-2-3-7-18(17)24/h2-3,6-9,14-15H,4-5,10-13H2,1H3,(H,25,26)/t15-/m0/s1. The number of ether oxygens (including phenoxy) is 3. The Morgan fingerprint density at radius 1 is 1.07 bits per heavy atom. The molecule has 1 amide bonds. The van der Waals surface area contributed by atoms with Gasteiger partial charge in [0.2, 0.25) is 0 Å². The van der Waals surface area contributed by atoms with E-state index in [-0.39, 0.29) is 0 Å². The van der Waals surface area contributed by atoms with Gasteiger partial charge < -0.3 is 19.5 Å². The minimum absolute atomic E-state index is 0.340. The van der Waals surface area contributed by atoms with Crippen LogP contribution in [0, 0.1) is 5.82 Å². The Kier molecular flexibility index (Phi) is 5.61. The molecule has 158 valence electrons. The van der Waals surface area contributed by atoms with Crippen molar-refractivity contribution >= 4 is 17.6 Å². The summed E-state index contributed by atoms with van der Waals surface area (Å²) >= 11 is 0. The Labute approximate surface area is 174 Å². The van der Waals surface area contributed by atoms with Crippen molar-refractivity contribution in [3.63, 3.8) is 0 Å². The van der Waals surface area contributed by atoms with Gasteiger partial charge in [0, 0.05) is 17.3 Å². The first-order chi connectivity index (χ1) is 14.5. The van der Waals surface area contributed by atoms with Gasteiger partial charge >= 0.3 is 5.97 Å². The second-order valence-corrected chi connectivity index (χ2v) is 7.66. The van der Waals surface area contributed by atoms with Gasteiger partial charge in [0.15, 0.2) is 17.6 Å². The highest BCUT2D eigenvalue weighted by Gasteiger charge is 2.46. The number of benzene rings is 2. The molecule has 1 aliphatic carbocycles. The zero-order valence-corrected chi connectivity index (χ0v) is 16.8. The molecule has 2 aromatic carbocycles. The number of hydrogen-bond acceptors (Lipinski definition) is 5. The van der Waals surface area contributed by atoms with Crippen LogP contribution in [0.15, 0.2) is 42.5 Å². The van der Waals surface area contributed by atoms with Crippen molar-refractivity contribution in [2.75, 3.05) is 18.5 Å². The van der Waals surface area contributed by atoms with Crippen molar-refractivity contribution in [1.29, 1.82) is 0 Å². The van der Waals surface area contributed by atoms with Crippen molar-refractivity contribution in [3.8, 4) is 11.5 Å². The lowest BCUT2D eigenvalue weighted by molar-refractivity contribution is -0.159. The number of amides is 1. The third kappa shape index (κ3) is 3.84. The first-order valence-electron chi connectivity index (χ1n) is 10.2. The predicted octanol–water partition coefficient (Wildman–Crippen LogP) is 3.98. The van der Waals surface area contributed by atoms with E-state index in [9.17, 15) is 14.0 Å². The van der Waals surface area contributed by atoms with Gasteiger partial charge in [0.05, 0.1) is 5.41 Å². The predicted molar refractivity (Wildman–Crippen MR) is 108 cm³/mol. The Hall–Kier alpha value is -3.09. The highest BCUT2D eigenvalue weighted by atomic mass is 19.1. The van der Waals surface area contributed by atoms with E-state index in [1.54, 1.807) is 36.4 Å². The average molecular weight is 413 g/mol. The van der Waals surface area contributed by atoms with Gasteiger partial charge in [0.1, 0.15) is 19.0 Å². The molecule has 0 spiro atoms. The van der Waals surface area contributed by atoms with Crippen LogP contribution in [0.3, 0.4) is 0 Å². The number of carbonyl (C=O) groups is 2. The minimum atomic E-state index is -1.04. The third-order valence-corrected chi connectivity index (χ3v) is 5.70. The van der Waals surface area contributed by atoms with E-state index >= 15 is 0 Å². The van der Waals surface area contributed by atoms with Crippen LogP contribution in [0.5, 0.6) is 11.5 Å². The monoisotopic (exact) mass is 413 g/mol. The Bertz CT molecular complexity index is 954. The molecule has 1 atom stereocenters. The molecule has 1 heterocycles. The fraction of sp³-hybridized carbons (Fsp3) is 0.391. The highest BCUT2D eigenvalue weighted by molar-refractivity contribution is 5.96. The number of hydrogen-bond donors (Lipinski definition) is 1. The summed E-state index contributed by atoms with van der Waals surface area (Å²) in [6, 6.07) is 11.4. The van der Waals surface area contributed by atoms with E-state index in [1.807, 2.05) is 0 Å². The molecule has 1 fully saturated rings. The number of carbonyl (C=O) groups excluding carboxylic acids is 2. The number of nitrogens with one attached hydrogen (secondary N) is 1. The Morgan fingerprint density at radius 3 is 2.50 bits per heavy atom. The van der Waals surface area contributed by atoms with Gasteiger partial charge in [-0.2, -0.15) is 0 Å². The maximum atomic E-state index is 14.5. The molecular formula is C23H24FNO5. The normalized spacial score (nSPS) is 17.8. The van der Waals surface area contributed by atoms with E-state index in [2.05, 4.69) is 5.32 Å². The number of rotatable bonds is 5. The molecule has 2 aromatic rings. The molecule has 7 heteroatoms. The summed E-state index contributed by atoms with van der Waals surface area (Å²) < 4.78 is 31.0. The lowest BCUT2D eigenvalue weighted by atomic mass is 9.78. The van der Waals surface area contributed by atoms with E-state index in [4.69, 9.17) is 14.2 Å². The van der Waals surface area contributed by atoms with Crippen molar-refractivity contribution in [1.82, 2.24) is 0 Å². The Balaban J connectivity index is 1.46. The maximum absolute atomic E-state index is 14.5. The zero-order valence-electron chi connectivity index (χ0n) is 16.8. The summed E-state index contributed by atoms with van der Waals surface area (Å²) in [6.45, 7) is 2.43. The lowest BCUT2D eigenvalue weighted by Gasteiger charge is -2.29. The number of anilines is 1. The molecule has 0 unspecified atom stereocenters. The number of esters is 1. The number of halogens is 1. The third-order valence-electron chi connectivity index (χ3n) is 5.70. The molecule has 4 rings (SSSR count). The molecule has 30 heavy (non-hydrogen) atoms. The first kappa shape index (κ1) is 20.2. The zero-order chi connectivity index (χ0) is 21.1. The van der Waals surface area contributed by atoms with Gasteiger partial charge in [-0.05, 0) is 38.0 Å². The summed E-state index contributed by atoms with van der Waals surface area (Å²) in [4.78, 5) is 25.7. The van der Waals surface area contributed by atoms with Gasteiger partial charge in [-0.15, -0.1) is 0 Å². The summed E-state index contributed by atoms with van der Waals surface area (Å²) in [5.41, 5.74) is -0.194. The Morgan fingerprint density at radius 2 is 1.77 bits per heavy atom.